The van der Waals surface area contributed by atoms with Crippen molar-refractivity contribution in [3.8, 4) is 0 Å². The number of nitrogens with two attached hydrogens (primary N) is 1. The van der Waals surface area contributed by atoms with Gasteiger partial charge in [-0.2, -0.15) is 12.6 Å². The molecule has 0 spiro atoms. The number of amides is 3. The third kappa shape index (κ3) is 7.48. The Bertz CT molecular complexity index is 1410. The van der Waals surface area contributed by atoms with Crippen LogP contribution in [0.2, 0.25) is 0 Å². The molecule has 0 unspecified atom stereocenters. The third-order valence-corrected chi connectivity index (χ3v) is 7.49. The SMILES string of the molecule is N=C(N)N(C(=O)OCc1ccc([N+](=O)[O-])cc1)[C@H]1CCN(C(=O)[C@@H]2C[C@H](S)CN2C(=O)OCc2ccc([N+](=O)[O-])cc2)C1. The minimum Gasteiger partial charge on any atom is -0.445 e. The number of nitrogens with one attached hydrogen (secondary N) is 1. The molecule has 3 atom stereocenters. The van der Waals surface area contributed by atoms with E-state index in [0.717, 1.165) is 4.90 Å². The Kier molecular flexibility index (Phi) is 9.64. The number of carbonyl (C=O) groups excluding carboxylic acids is 3. The average Bonchev–Trinajstić information content (AvgIpc) is 3.62. The van der Waals surface area contributed by atoms with Gasteiger partial charge in [-0.1, -0.05) is 0 Å². The van der Waals surface area contributed by atoms with E-state index >= 15 is 0 Å². The standard InChI is InChI=1S/C26H29N7O9S/c27-24(28)31(26(36)42-15-17-3-7-19(8-4-17)33(39)40)20-9-10-29(12-20)23(34)22-11-21(43)13-30(22)25(35)41-14-16-1-5-18(6-2-16)32(37)38/h1-8,20-22,43H,9-15H2,(H3,27,28)/t20-,21-,22-/m0/s1. The summed E-state index contributed by atoms with van der Waals surface area (Å²) in [6, 6.07) is 9.48. The van der Waals surface area contributed by atoms with Gasteiger partial charge in [0.05, 0.1) is 15.9 Å². The predicted molar refractivity (Wildman–Crippen MR) is 153 cm³/mol. The van der Waals surface area contributed by atoms with Gasteiger partial charge in [-0.25, -0.2) is 14.5 Å². The van der Waals surface area contributed by atoms with Gasteiger partial charge in [0.15, 0.2) is 5.96 Å². The van der Waals surface area contributed by atoms with Gasteiger partial charge in [-0.05, 0) is 48.2 Å². The lowest BCUT2D eigenvalue weighted by molar-refractivity contribution is -0.385. The van der Waals surface area contributed by atoms with Gasteiger partial charge in [0, 0.05) is 49.1 Å². The first kappa shape index (κ1) is 31.0. The first-order chi connectivity index (χ1) is 20.4. The topological polar surface area (TPSA) is 216 Å². The molecule has 228 valence electrons. The van der Waals surface area contributed by atoms with Crippen molar-refractivity contribution in [2.45, 2.75) is 43.4 Å². The fourth-order valence-electron chi connectivity index (χ4n) is 4.93. The molecule has 2 saturated heterocycles. The van der Waals surface area contributed by atoms with Crippen molar-refractivity contribution in [1.82, 2.24) is 14.7 Å². The smallest absolute Gasteiger partial charge is 0.417 e. The van der Waals surface area contributed by atoms with Crippen molar-refractivity contribution >= 4 is 48.1 Å². The molecule has 2 aliphatic rings. The molecule has 0 saturated carbocycles. The summed E-state index contributed by atoms with van der Waals surface area (Å²) < 4.78 is 10.7. The lowest BCUT2D eigenvalue weighted by atomic mass is 10.2. The number of rotatable bonds is 8. The zero-order chi connectivity index (χ0) is 31.3. The first-order valence-corrected chi connectivity index (χ1v) is 13.6. The number of ether oxygens (including phenoxy) is 2. The van der Waals surface area contributed by atoms with Crippen molar-refractivity contribution in [3.05, 3.63) is 79.9 Å². The van der Waals surface area contributed by atoms with Crippen LogP contribution in [0.3, 0.4) is 0 Å². The second kappa shape index (κ2) is 13.4. The molecule has 0 aliphatic carbocycles. The molecule has 2 aromatic carbocycles. The number of non-ortho nitro benzene ring substituents is 2. The molecule has 3 N–H and O–H groups in total. The van der Waals surface area contributed by atoms with Gasteiger partial charge in [0.2, 0.25) is 5.91 Å². The molecular formula is C26H29N7O9S. The summed E-state index contributed by atoms with van der Waals surface area (Å²) in [4.78, 5) is 63.5. The molecule has 2 aromatic rings. The average molecular weight is 616 g/mol. The second-order valence-electron chi connectivity index (χ2n) is 10.00. The van der Waals surface area contributed by atoms with E-state index in [4.69, 9.17) is 20.6 Å². The molecule has 2 fully saturated rings. The number of guanidine groups is 1. The summed E-state index contributed by atoms with van der Waals surface area (Å²) in [5.74, 6) is -0.935. The maximum atomic E-state index is 13.5. The molecule has 0 radical (unpaired) electrons. The lowest BCUT2D eigenvalue weighted by Gasteiger charge is -2.29. The third-order valence-electron chi connectivity index (χ3n) is 7.11. The molecule has 0 aromatic heterocycles. The second-order valence-corrected chi connectivity index (χ2v) is 10.7. The molecule has 2 heterocycles. The minimum absolute atomic E-state index is 0.0461. The number of thiol groups is 1. The Labute approximate surface area is 250 Å². The maximum Gasteiger partial charge on any atom is 0.417 e. The van der Waals surface area contributed by atoms with Crippen molar-refractivity contribution in [3.63, 3.8) is 0 Å². The summed E-state index contributed by atoms with van der Waals surface area (Å²) in [5, 5.41) is 29.3. The van der Waals surface area contributed by atoms with Crippen LogP contribution in [0.25, 0.3) is 0 Å². The fraction of sp³-hybridized carbons (Fsp3) is 0.385. The van der Waals surface area contributed by atoms with Gasteiger partial charge in [0.1, 0.15) is 19.3 Å². The van der Waals surface area contributed by atoms with E-state index in [1.807, 2.05) is 0 Å². The largest absolute Gasteiger partial charge is 0.445 e. The van der Waals surface area contributed by atoms with Gasteiger partial charge < -0.3 is 20.1 Å². The van der Waals surface area contributed by atoms with Crippen molar-refractivity contribution in [1.29, 1.82) is 5.41 Å². The van der Waals surface area contributed by atoms with E-state index in [0.29, 0.717) is 17.5 Å². The summed E-state index contributed by atoms with van der Waals surface area (Å²) in [5.41, 5.74) is 6.51. The Morgan fingerprint density at radius 1 is 0.953 bits per heavy atom. The van der Waals surface area contributed by atoms with Crippen LogP contribution in [0, 0.1) is 25.6 Å². The number of hydrogen-bond donors (Lipinski definition) is 3. The van der Waals surface area contributed by atoms with Gasteiger partial charge in [-0.15, -0.1) is 0 Å². The number of nitro benzene ring substituents is 2. The van der Waals surface area contributed by atoms with E-state index in [-0.39, 0.29) is 61.8 Å². The number of hydrogen-bond acceptors (Lipinski definition) is 11. The highest BCUT2D eigenvalue weighted by Gasteiger charge is 2.44. The van der Waals surface area contributed by atoms with Crippen LogP contribution in [-0.4, -0.2) is 85.6 Å². The van der Waals surface area contributed by atoms with E-state index in [9.17, 15) is 34.6 Å². The van der Waals surface area contributed by atoms with Crippen LogP contribution >= 0.6 is 12.6 Å². The number of likely N-dealkylation sites (tertiary alicyclic amines) is 2. The highest BCUT2D eigenvalue weighted by atomic mass is 32.1. The summed E-state index contributed by atoms with van der Waals surface area (Å²) in [7, 11) is 0. The zero-order valence-corrected chi connectivity index (χ0v) is 23.6. The molecule has 17 heteroatoms. The Hall–Kier alpha value is -4.93. The van der Waals surface area contributed by atoms with Crippen molar-refractivity contribution < 1.29 is 33.7 Å². The Balaban J connectivity index is 1.34. The number of carbonyl (C=O) groups is 3. The zero-order valence-electron chi connectivity index (χ0n) is 22.7. The lowest BCUT2D eigenvalue weighted by Crippen LogP contribution is -2.51. The molecule has 16 nitrogen and oxygen atoms in total. The minimum atomic E-state index is -0.905. The van der Waals surface area contributed by atoms with Crippen LogP contribution in [-0.2, 0) is 27.5 Å². The number of benzene rings is 2. The normalized spacial score (nSPS) is 19.5. The van der Waals surface area contributed by atoms with E-state index in [2.05, 4.69) is 12.6 Å². The first-order valence-electron chi connectivity index (χ1n) is 13.1. The summed E-state index contributed by atoms with van der Waals surface area (Å²) in [6.07, 6.45) is -1.05. The van der Waals surface area contributed by atoms with E-state index < -0.39 is 40.1 Å². The molecule has 3 amide bonds. The fourth-order valence-corrected chi connectivity index (χ4v) is 5.30. The Morgan fingerprint density at radius 3 is 2.00 bits per heavy atom. The highest BCUT2D eigenvalue weighted by Crippen LogP contribution is 2.27. The maximum absolute atomic E-state index is 13.5. The van der Waals surface area contributed by atoms with Crippen molar-refractivity contribution in [2.24, 2.45) is 5.73 Å². The van der Waals surface area contributed by atoms with Crippen LogP contribution in [0.4, 0.5) is 21.0 Å². The van der Waals surface area contributed by atoms with E-state index in [1.54, 1.807) is 0 Å². The van der Waals surface area contributed by atoms with Crippen LogP contribution in [0.5, 0.6) is 0 Å². The monoisotopic (exact) mass is 615 g/mol. The van der Waals surface area contributed by atoms with Gasteiger partial charge in [0.25, 0.3) is 11.4 Å². The van der Waals surface area contributed by atoms with Crippen LogP contribution in [0.1, 0.15) is 24.0 Å². The predicted octanol–water partition coefficient (Wildman–Crippen LogP) is 2.65. The molecule has 4 rings (SSSR count). The van der Waals surface area contributed by atoms with E-state index in [1.165, 1.54) is 58.3 Å². The van der Waals surface area contributed by atoms with Crippen LogP contribution < -0.4 is 5.73 Å². The van der Waals surface area contributed by atoms with Crippen LogP contribution in [0.15, 0.2) is 48.5 Å². The molecule has 0 bridgehead atoms. The van der Waals surface area contributed by atoms with Crippen molar-refractivity contribution in [2.75, 3.05) is 19.6 Å². The molecule has 2 aliphatic heterocycles. The van der Waals surface area contributed by atoms with Gasteiger partial charge >= 0.3 is 12.2 Å². The Morgan fingerprint density at radius 2 is 1.49 bits per heavy atom. The summed E-state index contributed by atoms with van der Waals surface area (Å²) >= 11 is 4.45. The highest BCUT2D eigenvalue weighted by molar-refractivity contribution is 7.81. The molecular weight excluding hydrogens is 586 g/mol. The molecule has 43 heavy (non-hydrogen) atoms. The number of nitro groups is 2. The number of nitrogens with zero attached hydrogens (tertiary/aromatic N) is 5. The quantitative estimate of drug-likeness (QED) is 0.130. The van der Waals surface area contributed by atoms with Gasteiger partial charge in [-0.3, -0.25) is 35.3 Å². The summed E-state index contributed by atoms with van der Waals surface area (Å²) in [6.45, 7) is 0.0996.